The molecule has 0 aromatic rings. The van der Waals surface area contributed by atoms with E-state index in [0.717, 1.165) is 24.7 Å². The van der Waals surface area contributed by atoms with Gasteiger partial charge in [0.2, 0.25) is 0 Å². The van der Waals surface area contributed by atoms with Gasteiger partial charge in [0, 0.05) is 0 Å². The molecule has 134 valence electrons. The van der Waals surface area contributed by atoms with Crippen LogP contribution in [0.25, 0.3) is 0 Å². The Bertz CT molecular complexity index is 343. The average Bonchev–Trinajstić information content (AvgIpc) is 2.57. The predicted molar refractivity (Wildman–Crippen MR) is 97.0 cm³/mol. The van der Waals surface area contributed by atoms with Crippen molar-refractivity contribution in [2.75, 3.05) is 19.4 Å². The first-order valence-electron chi connectivity index (χ1n) is 9.71. The number of hydrogen-bond acceptors (Lipinski definition) is 3. The second kappa shape index (κ2) is 10.7. The summed E-state index contributed by atoms with van der Waals surface area (Å²) in [5, 5.41) is 0. The summed E-state index contributed by atoms with van der Waals surface area (Å²) in [5.74, 6) is 1.51. The Morgan fingerprint density at radius 3 is 1.65 bits per heavy atom. The zero-order valence-electron chi connectivity index (χ0n) is 14.7. The number of rotatable bonds is 10. The minimum atomic E-state index is -2.97. The van der Waals surface area contributed by atoms with Crippen LogP contribution in [0.4, 0.5) is 0 Å². The fraction of sp³-hybridized carbons (Fsp3) is 0.895. The second-order valence-corrected chi connectivity index (χ2v) is 9.44. The van der Waals surface area contributed by atoms with Gasteiger partial charge in [0.15, 0.2) is 0 Å². The van der Waals surface area contributed by atoms with E-state index in [9.17, 15) is 4.57 Å². The van der Waals surface area contributed by atoms with Crippen LogP contribution in [0.15, 0.2) is 12.7 Å². The standard InChI is InChI=1S/C19H35O3P/c1-2-17-23(20,21-15-13-18-9-5-3-6-10-18)22-16-14-19-11-7-4-8-12-19/h2,18-19H,1,3-17H2. The van der Waals surface area contributed by atoms with E-state index in [1.54, 1.807) is 6.08 Å². The maximum atomic E-state index is 12.8. The van der Waals surface area contributed by atoms with Gasteiger partial charge in [-0.3, -0.25) is 4.57 Å². The highest BCUT2D eigenvalue weighted by Gasteiger charge is 2.24. The van der Waals surface area contributed by atoms with Gasteiger partial charge in [-0.2, -0.15) is 0 Å². The molecule has 0 radical (unpaired) electrons. The molecule has 0 N–H and O–H groups in total. The average molecular weight is 342 g/mol. The molecule has 0 heterocycles. The zero-order chi connectivity index (χ0) is 16.4. The first-order chi connectivity index (χ1) is 11.2. The van der Waals surface area contributed by atoms with Crippen molar-refractivity contribution in [3.8, 4) is 0 Å². The van der Waals surface area contributed by atoms with Crippen LogP contribution in [0.1, 0.15) is 77.0 Å². The molecular formula is C19H35O3P. The van der Waals surface area contributed by atoms with Gasteiger partial charge in [-0.1, -0.05) is 70.3 Å². The lowest BCUT2D eigenvalue weighted by Crippen LogP contribution is -2.12. The molecule has 0 aliphatic heterocycles. The topological polar surface area (TPSA) is 35.5 Å². The third-order valence-electron chi connectivity index (χ3n) is 5.43. The van der Waals surface area contributed by atoms with Crippen LogP contribution in [0.2, 0.25) is 0 Å². The van der Waals surface area contributed by atoms with E-state index >= 15 is 0 Å². The summed E-state index contributed by atoms with van der Waals surface area (Å²) in [7, 11) is -2.97. The maximum Gasteiger partial charge on any atom is 0.334 e. The Kier molecular flexibility index (Phi) is 8.93. The Hall–Kier alpha value is -0.110. The lowest BCUT2D eigenvalue weighted by Gasteiger charge is -2.24. The van der Waals surface area contributed by atoms with Crippen LogP contribution < -0.4 is 0 Å². The van der Waals surface area contributed by atoms with Crippen LogP contribution in [-0.4, -0.2) is 19.4 Å². The maximum absolute atomic E-state index is 12.8. The molecule has 0 atom stereocenters. The van der Waals surface area contributed by atoms with Crippen LogP contribution >= 0.6 is 7.60 Å². The third kappa shape index (κ3) is 7.54. The summed E-state index contributed by atoms with van der Waals surface area (Å²) < 4.78 is 24.2. The molecule has 3 nitrogen and oxygen atoms in total. The van der Waals surface area contributed by atoms with Gasteiger partial charge < -0.3 is 9.05 Å². The highest BCUT2D eigenvalue weighted by molar-refractivity contribution is 7.54. The number of allylic oxidation sites excluding steroid dienone is 1. The van der Waals surface area contributed by atoms with E-state index in [-0.39, 0.29) is 0 Å². The summed E-state index contributed by atoms with van der Waals surface area (Å²) in [4.78, 5) is 0. The Morgan fingerprint density at radius 1 is 0.826 bits per heavy atom. The molecule has 2 fully saturated rings. The van der Waals surface area contributed by atoms with E-state index in [2.05, 4.69) is 6.58 Å². The van der Waals surface area contributed by atoms with Gasteiger partial charge in [-0.15, -0.1) is 6.58 Å². The van der Waals surface area contributed by atoms with Crippen molar-refractivity contribution in [3.63, 3.8) is 0 Å². The normalized spacial score (nSPS) is 21.4. The van der Waals surface area contributed by atoms with Crippen LogP contribution in [0.5, 0.6) is 0 Å². The SMILES string of the molecule is C=CCP(=O)(OCCC1CCCCC1)OCCC1CCCCC1. The van der Waals surface area contributed by atoms with Gasteiger partial charge in [-0.05, 0) is 24.7 Å². The number of hydrogen-bond donors (Lipinski definition) is 0. The molecule has 0 aromatic carbocycles. The molecule has 0 saturated heterocycles. The summed E-state index contributed by atoms with van der Waals surface area (Å²) in [6.07, 6.45) is 17.4. The molecule has 2 aliphatic carbocycles. The largest absolute Gasteiger partial charge is 0.334 e. The van der Waals surface area contributed by atoms with Crippen molar-refractivity contribution >= 4 is 7.60 Å². The van der Waals surface area contributed by atoms with Gasteiger partial charge in [-0.25, -0.2) is 0 Å². The quantitative estimate of drug-likeness (QED) is 0.343. The minimum absolute atomic E-state index is 0.336. The van der Waals surface area contributed by atoms with Crippen molar-refractivity contribution in [1.29, 1.82) is 0 Å². The lowest BCUT2D eigenvalue weighted by atomic mass is 9.87. The summed E-state index contributed by atoms with van der Waals surface area (Å²) in [6, 6.07) is 0. The third-order valence-corrected chi connectivity index (χ3v) is 7.29. The molecule has 0 aromatic heterocycles. The smallest absolute Gasteiger partial charge is 0.308 e. The van der Waals surface area contributed by atoms with Crippen molar-refractivity contribution < 1.29 is 13.6 Å². The van der Waals surface area contributed by atoms with Gasteiger partial charge >= 0.3 is 7.60 Å². The Balaban J connectivity index is 1.66. The van der Waals surface area contributed by atoms with Gasteiger partial charge in [0.25, 0.3) is 0 Å². The summed E-state index contributed by atoms with van der Waals surface area (Å²) >= 11 is 0. The van der Waals surface area contributed by atoms with Crippen molar-refractivity contribution in [1.82, 2.24) is 0 Å². The zero-order valence-corrected chi connectivity index (χ0v) is 15.6. The molecule has 2 saturated carbocycles. The molecule has 23 heavy (non-hydrogen) atoms. The van der Waals surface area contributed by atoms with Crippen LogP contribution in [-0.2, 0) is 13.6 Å². The highest BCUT2D eigenvalue weighted by Crippen LogP contribution is 2.49. The fourth-order valence-corrected chi connectivity index (χ4v) is 5.34. The molecule has 0 bridgehead atoms. The van der Waals surface area contributed by atoms with E-state index < -0.39 is 7.60 Å². The van der Waals surface area contributed by atoms with Crippen LogP contribution in [0, 0.1) is 11.8 Å². The van der Waals surface area contributed by atoms with E-state index in [1.807, 2.05) is 0 Å². The molecule has 2 aliphatic rings. The molecule has 0 spiro atoms. The van der Waals surface area contributed by atoms with Crippen molar-refractivity contribution in [2.45, 2.75) is 77.0 Å². The van der Waals surface area contributed by atoms with Crippen molar-refractivity contribution in [3.05, 3.63) is 12.7 Å². The highest BCUT2D eigenvalue weighted by atomic mass is 31.2. The van der Waals surface area contributed by atoms with E-state index in [0.29, 0.717) is 19.4 Å². The fourth-order valence-electron chi connectivity index (χ4n) is 3.97. The molecular weight excluding hydrogens is 307 g/mol. The first kappa shape index (κ1) is 19.2. The van der Waals surface area contributed by atoms with E-state index in [1.165, 1.54) is 64.2 Å². The summed E-state index contributed by atoms with van der Waals surface area (Å²) in [5.41, 5.74) is 0. The van der Waals surface area contributed by atoms with Gasteiger partial charge in [0.05, 0.1) is 19.4 Å². The Morgan fingerprint density at radius 2 is 1.26 bits per heavy atom. The lowest BCUT2D eigenvalue weighted by molar-refractivity contribution is 0.173. The molecule has 0 unspecified atom stereocenters. The molecule has 4 heteroatoms. The van der Waals surface area contributed by atoms with Gasteiger partial charge in [0.1, 0.15) is 0 Å². The minimum Gasteiger partial charge on any atom is -0.308 e. The Labute approximate surface area is 142 Å². The molecule has 2 rings (SSSR count). The van der Waals surface area contributed by atoms with Crippen LogP contribution in [0.3, 0.4) is 0 Å². The van der Waals surface area contributed by atoms with Crippen molar-refractivity contribution in [2.24, 2.45) is 11.8 Å². The molecule has 0 amide bonds. The second-order valence-electron chi connectivity index (χ2n) is 7.33. The first-order valence-corrected chi connectivity index (χ1v) is 11.4. The predicted octanol–water partition coefficient (Wildman–Crippen LogP) is 6.34. The van der Waals surface area contributed by atoms with E-state index in [4.69, 9.17) is 9.05 Å². The monoisotopic (exact) mass is 342 g/mol. The summed E-state index contributed by atoms with van der Waals surface area (Å²) in [6.45, 7) is 4.85.